The number of amides is 1. The molecule has 1 aliphatic heterocycles. The van der Waals surface area contributed by atoms with Crippen molar-refractivity contribution in [3.63, 3.8) is 0 Å². The summed E-state index contributed by atoms with van der Waals surface area (Å²) in [6, 6.07) is 2.88. The Hall–Kier alpha value is -1.56. The van der Waals surface area contributed by atoms with Gasteiger partial charge in [-0.15, -0.1) is 0 Å². The van der Waals surface area contributed by atoms with Crippen LogP contribution in [0.4, 0.5) is 13.2 Å². The van der Waals surface area contributed by atoms with Gasteiger partial charge in [0.15, 0.2) is 0 Å². The molecule has 3 rings (SSSR count). The number of hydrogen-bond donors (Lipinski definition) is 0. The molecule has 0 atom stereocenters. The first-order valence-electron chi connectivity index (χ1n) is 8.05. The number of aryl methyl sites for hydroxylation is 1. The molecule has 0 radical (unpaired) electrons. The van der Waals surface area contributed by atoms with Crippen LogP contribution in [0.15, 0.2) is 12.1 Å². The summed E-state index contributed by atoms with van der Waals surface area (Å²) >= 11 is 0. The van der Waals surface area contributed by atoms with Gasteiger partial charge < -0.3 is 4.90 Å². The highest BCUT2D eigenvalue weighted by Crippen LogP contribution is 2.38. The third-order valence-corrected chi connectivity index (χ3v) is 4.91. The Labute approximate surface area is 134 Å². The van der Waals surface area contributed by atoms with E-state index in [-0.39, 0.29) is 5.91 Å². The number of fused-ring (bicyclic) bond motifs is 1. The first-order chi connectivity index (χ1) is 10.9. The van der Waals surface area contributed by atoms with Crippen molar-refractivity contribution >= 4 is 5.91 Å². The molecule has 2 aliphatic rings. The lowest BCUT2D eigenvalue weighted by molar-refractivity contribution is -0.138. The van der Waals surface area contributed by atoms with Crippen molar-refractivity contribution in [3.8, 4) is 0 Å². The van der Waals surface area contributed by atoms with Crippen LogP contribution in [-0.2, 0) is 30.4 Å². The molecule has 126 valence electrons. The molecule has 1 saturated heterocycles. The first-order valence-corrected chi connectivity index (χ1v) is 8.05. The number of alkyl halides is 3. The molecule has 1 fully saturated rings. The highest BCUT2D eigenvalue weighted by Gasteiger charge is 2.36. The van der Waals surface area contributed by atoms with Crippen molar-refractivity contribution in [3.05, 3.63) is 34.4 Å². The molecule has 0 bridgehead atoms. The molecule has 1 aliphatic carbocycles. The van der Waals surface area contributed by atoms with E-state index in [1.807, 2.05) is 4.90 Å². The van der Waals surface area contributed by atoms with Gasteiger partial charge in [-0.1, -0.05) is 6.07 Å². The molecule has 0 saturated carbocycles. The van der Waals surface area contributed by atoms with Crippen molar-refractivity contribution < 1.29 is 18.0 Å². The molecule has 6 heteroatoms. The zero-order valence-corrected chi connectivity index (χ0v) is 13.2. The van der Waals surface area contributed by atoms with Gasteiger partial charge in [0.2, 0.25) is 5.91 Å². The molecule has 0 unspecified atom stereocenters. The highest BCUT2D eigenvalue weighted by molar-refractivity contribution is 5.73. The molecule has 23 heavy (non-hydrogen) atoms. The highest BCUT2D eigenvalue weighted by atomic mass is 19.4. The number of benzene rings is 1. The topological polar surface area (TPSA) is 23.6 Å². The summed E-state index contributed by atoms with van der Waals surface area (Å²) in [5.41, 5.74) is 1.92. The Morgan fingerprint density at radius 2 is 1.83 bits per heavy atom. The third kappa shape index (κ3) is 3.37. The van der Waals surface area contributed by atoms with Crippen LogP contribution in [-0.4, -0.2) is 41.9 Å². The van der Waals surface area contributed by atoms with E-state index in [0.717, 1.165) is 30.4 Å². The minimum atomic E-state index is -4.31. The number of nitrogens with zero attached hydrogens (tertiary/aromatic N) is 2. The van der Waals surface area contributed by atoms with Gasteiger partial charge in [-0.25, -0.2) is 0 Å². The fourth-order valence-corrected chi connectivity index (χ4v) is 3.63. The summed E-state index contributed by atoms with van der Waals surface area (Å²) in [5, 5.41) is 0. The Kier molecular flexibility index (Phi) is 4.36. The summed E-state index contributed by atoms with van der Waals surface area (Å²) < 4.78 is 40.1. The van der Waals surface area contributed by atoms with Crippen LogP contribution in [0.25, 0.3) is 0 Å². The third-order valence-electron chi connectivity index (χ3n) is 4.91. The predicted octanol–water partition coefficient (Wildman–Crippen LogP) is 2.86. The van der Waals surface area contributed by atoms with E-state index in [9.17, 15) is 18.0 Å². The quantitative estimate of drug-likeness (QED) is 0.834. The largest absolute Gasteiger partial charge is 0.416 e. The Balaban J connectivity index is 1.82. The van der Waals surface area contributed by atoms with Gasteiger partial charge in [-0.05, 0) is 42.0 Å². The summed E-state index contributed by atoms with van der Waals surface area (Å²) in [4.78, 5) is 15.1. The van der Waals surface area contributed by atoms with Gasteiger partial charge in [0.25, 0.3) is 0 Å². The predicted molar refractivity (Wildman–Crippen MR) is 81.0 cm³/mol. The van der Waals surface area contributed by atoms with E-state index in [1.54, 1.807) is 11.0 Å². The summed E-state index contributed by atoms with van der Waals surface area (Å²) in [6.45, 7) is 4.28. The number of carbonyl (C=O) groups is 1. The molecule has 0 spiro atoms. The number of hydrogen-bond acceptors (Lipinski definition) is 2. The van der Waals surface area contributed by atoms with E-state index in [4.69, 9.17) is 0 Å². The van der Waals surface area contributed by atoms with Crippen molar-refractivity contribution in [1.29, 1.82) is 0 Å². The minimum Gasteiger partial charge on any atom is -0.340 e. The monoisotopic (exact) mass is 326 g/mol. The van der Waals surface area contributed by atoms with Gasteiger partial charge in [0.1, 0.15) is 0 Å². The van der Waals surface area contributed by atoms with Crippen molar-refractivity contribution in [2.45, 2.75) is 38.9 Å². The maximum atomic E-state index is 13.4. The molecule has 0 aromatic heterocycles. The average Bonchev–Trinajstić information content (AvgIpc) is 2.95. The van der Waals surface area contributed by atoms with Crippen molar-refractivity contribution in [2.24, 2.45) is 0 Å². The second-order valence-electron chi connectivity index (χ2n) is 6.36. The zero-order valence-electron chi connectivity index (χ0n) is 13.2. The lowest BCUT2D eigenvalue weighted by Gasteiger charge is -2.35. The molecule has 1 aromatic carbocycles. The minimum absolute atomic E-state index is 0.0289. The summed E-state index contributed by atoms with van der Waals surface area (Å²) in [7, 11) is 0. The fourth-order valence-electron chi connectivity index (χ4n) is 3.63. The van der Waals surface area contributed by atoms with E-state index >= 15 is 0 Å². The van der Waals surface area contributed by atoms with Crippen LogP contribution in [0.2, 0.25) is 0 Å². The van der Waals surface area contributed by atoms with Crippen molar-refractivity contribution in [2.75, 3.05) is 26.2 Å². The zero-order chi connectivity index (χ0) is 16.6. The van der Waals surface area contributed by atoms with Crippen molar-refractivity contribution in [1.82, 2.24) is 9.80 Å². The molecule has 0 N–H and O–H groups in total. The lowest BCUT2D eigenvalue weighted by atomic mass is 9.96. The number of carbonyl (C=O) groups excluding carboxylic acids is 1. The summed E-state index contributed by atoms with van der Waals surface area (Å²) in [5.74, 6) is 0.0289. The normalized spacial score (nSPS) is 19.0. The smallest absolute Gasteiger partial charge is 0.340 e. The van der Waals surface area contributed by atoms with E-state index in [0.29, 0.717) is 38.3 Å². The number of rotatable bonds is 2. The standard InChI is InChI=1S/C17H21F3N2O/c1-12(23)22-9-7-21(8-10-22)11-15-14-4-2-3-13(14)5-6-16(15)17(18,19)20/h5-6H,2-4,7-11H2,1H3. The van der Waals surface area contributed by atoms with E-state index < -0.39 is 11.7 Å². The second-order valence-corrected chi connectivity index (χ2v) is 6.36. The lowest BCUT2D eigenvalue weighted by Crippen LogP contribution is -2.47. The van der Waals surface area contributed by atoms with Gasteiger partial charge in [-0.2, -0.15) is 13.2 Å². The molecule has 1 aromatic rings. The van der Waals surface area contributed by atoms with Crippen LogP contribution in [0, 0.1) is 0 Å². The maximum Gasteiger partial charge on any atom is 0.416 e. The Morgan fingerprint density at radius 3 is 2.43 bits per heavy atom. The van der Waals surface area contributed by atoms with E-state index in [2.05, 4.69) is 0 Å². The van der Waals surface area contributed by atoms with Crippen LogP contribution in [0.5, 0.6) is 0 Å². The van der Waals surface area contributed by atoms with Gasteiger partial charge in [0.05, 0.1) is 5.56 Å². The van der Waals surface area contributed by atoms with Gasteiger partial charge in [-0.3, -0.25) is 9.69 Å². The number of halogens is 3. The van der Waals surface area contributed by atoms with Crippen LogP contribution < -0.4 is 0 Å². The van der Waals surface area contributed by atoms with Crippen LogP contribution in [0.3, 0.4) is 0 Å². The first kappa shape index (κ1) is 16.3. The van der Waals surface area contributed by atoms with Crippen LogP contribution >= 0.6 is 0 Å². The Bertz CT molecular complexity index is 605. The molecule has 1 amide bonds. The van der Waals surface area contributed by atoms with Gasteiger partial charge >= 0.3 is 6.18 Å². The second kappa shape index (κ2) is 6.15. The molecular formula is C17H21F3N2O. The Morgan fingerprint density at radius 1 is 1.13 bits per heavy atom. The van der Waals surface area contributed by atoms with E-state index in [1.165, 1.54) is 13.0 Å². The molecule has 1 heterocycles. The molecule has 3 nitrogen and oxygen atoms in total. The van der Waals surface area contributed by atoms with Gasteiger partial charge in [0, 0.05) is 39.6 Å². The SMILES string of the molecule is CC(=O)N1CCN(Cc2c(C(F)(F)F)ccc3c2CCC3)CC1. The molecular weight excluding hydrogens is 305 g/mol. The number of piperazine rings is 1. The fraction of sp³-hybridized carbons (Fsp3) is 0.588. The maximum absolute atomic E-state index is 13.4. The average molecular weight is 326 g/mol. The van der Waals surface area contributed by atoms with Crippen LogP contribution in [0.1, 0.15) is 35.6 Å². The summed E-state index contributed by atoms with van der Waals surface area (Å²) in [6.07, 6.45) is -1.77.